The van der Waals surface area contributed by atoms with E-state index < -0.39 is 36.8 Å². The lowest BCUT2D eigenvalue weighted by atomic mass is 9.46. The fourth-order valence-electron chi connectivity index (χ4n) is 9.56. The first-order chi connectivity index (χ1) is 18.8. The molecule has 0 aromatic rings. The van der Waals surface area contributed by atoms with E-state index in [1.165, 1.54) is 5.57 Å². The third-order valence-corrected chi connectivity index (χ3v) is 12.3. The standard InChI is InChI=1S/C33H54O7/c1-17(2)18(3)7-8-19(4)25-28(37)30(40-31-29(38)27(36)24(35)16-39-31)26-22-10-9-20-15-21(34)11-13-32(20,5)23(22)12-14-33(25,26)6/h7-9,17-19,21-31,34-38H,10-16H2,1-6H3. The Morgan fingerprint density at radius 3 is 2.38 bits per heavy atom. The number of ether oxygens (including phenoxy) is 2. The minimum Gasteiger partial charge on any atom is -0.393 e. The second-order valence-corrected chi connectivity index (χ2v) is 14.8. The first-order valence-corrected chi connectivity index (χ1v) is 15.8. The van der Waals surface area contributed by atoms with Crippen LogP contribution in [0.2, 0.25) is 0 Å². The Morgan fingerprint density at radius 1 is 0.950 bits per heavy atom. The van der Waals surface area contributed by atoms with Crippen LogP contribution in [0.3, 0.4) is 0 Å². The number of rotatable bonds is 6. The van der Waals surface area contributed by atoms with Crippen molar-refractivity contribution in [1.29, 1.82) is 0 Å². The van der Waals surface area contributed by atoms with Crippen LogP contribution in [0.1, 0.15) is 80.1 Å². The second-order valence-electron chi connectivity index (χ2n) is 14.8. The predicted molar refractivity (Wildman–Crippen MR) is 153 cm³/mol. The third-order valence-electron chi connectivity index (χ3n) is 12.3. The van der Waals surface area contributed by atoms with E-state index in [2.05, 4.69) is 59.8 Å². The molecule has 15 atom stereocenters. The number of hydrogen-bond donors (Lipinski definition) is 5. The van der Waals surface area contributed by atoms with Crippen molar-refractivity contribution in [2.75, 3.05) is 6.61 Å². The summed E-state index contributed by atoms with van der Waals surface area (Å²) in [6.07, 6.45) is 5.86. The summed E-state index contributed by atoms with van der Waals surface area (Å²) < 4.78 is 12.2. The highest BCUT2D eigenvalue weighted by atomic mass is 16.7. The average molecular weight is 563 g/mol. The van der Waals surface area contributed by atoms with Gasteiger partial charge in [-0.2, -0.15) is 0 Å². The molecule has 1 saturated heterocycles. The molecule has 3 saturated carbocycles. The molecule has 1 heterocycles. The summed E-state index contributed by atoms with van der Waals surface area (Å²) in [5.41, 5.74) is 1.26. The molecule has 7 nitrogen and oxygen atoms in total. The summed E-state index contributed by atoms with van der Waals surface area (Å²) in [7, 11) is 0. The summed E-state index contributed by atoms with van der Waals surface area (Å²) in [4.78, 5) is 0. The van der Waals surface area contributed by atoms with Gasteiger partial charge < -0.3 is 35.0 Å². The van der Waals surface area contributed by atoms with Gasteiger partial charge in [0.05, 0.1) is 24.9 Å². The lowest BCUT2D eigenvalue weighted by Crippen LogP contribution is -2.57. The highest BCUT2D eigenvalue weighted by Gasteiger charge is 2.66. The Kier molecular flexibility index (Phi) is 8.71. The highest BCUT2D eigenvalue weighted by Crippen LogP contribution is 2.67. The topological polar surface area (TPSA) is 120 Å². The molecular formula is C33H54O7. The summed E-state index contributed by atoms with van der Waals surface area (Å²) >= 11 is 0. The summed E-state index contributed by atoms with van der Waals surface area (Å²) in [5.74, 6) is 1.87. The Bertz CT molecular complexity index is 964. The van der Waals surface area contributed by atoms with Gasteiger partial charge in [-0.3, -0.25) is 0 Å². The number of aliphatic hydroxyl groups is 5. The van der Waals surface area contributed by atoms with Crippen molar-refractivity contribution in [3.05, 3.63) is 23.8 Å². The molecule has 5 rings (SSSR count). The first-order valence-electron chi connectivity index (χ1n) is 15.8. The minimum absolute atomic E-state index is 0.0262. The molecule has 4 aliphatic carbocycles. The largest absolute Gasteiger partial charge is 0.393 e. The smallest absolute Gasteiger partial charge is 0.186 e. The Morgan fingerprint density at radius 2 is 1.68 bits per heavy atom. The van der Waals surface area contributed by atoms with Crippen LogP contribution in [0.5, 0.6) is 0 Å². The predicted octanol–water partition coefficient (Wildman–Crippen LogP) is 3.82. The van der Waals surface area contributed by atoms with Crippen molar-refractivity contribution < 1.29 is 35.0 Å². The molecule has 228 valence electrons. The van der Waals surface area contributed by atoms with Crippen molar-refractivity contribution in [3.63, 3.8) is 0 Å². The average Bonchev–Trinajstić information content (AvgIpc) is 3.13. The number of aliphatic hydroxyl groups excluding tert-OH is 5. The molecule has 0 spiro atoms. The van der Waals surface area contributed by atoms with E-state index in [0.29, 0.717) is 23.7 Å². The molecule has 0 bridgehead atoms. The lowest BCUT2D eigenvalue weighted by molar-refractivity contribution is -0.296. The van der Waals surface area contributed by atoms with Gasteiger partial charge in [0.25, 0.3) is 0 Å². The lowest BCUT2D eigenvalue weighted by Gasteiger charge is -2.58. The van der Waals surface area contributed by atoms with Crippen molar-refractivity contribution >= 4 is 0 Å². The first kappa shape index (κ1) is 30.7. The summed E-state index contributed by atoms with van der Waals surface area (Å²) in [6, 6.07) is 0. The fraction of sp³-hybridized carbons (Fsp3) is 0.879. The molecule has 0 amide bonds. The number of fused-ring (bicyclic) bond motifs is 5. The molecule has 15 unspecified atom stereocenters. The van der Waals surface area contributed by atoms with Crippen molar-refractivity contribution in [3.8, 4) is 0 Å². The van der Waals surface area contributed by atoms with Crippen molar-refractivity contribution in [1.82, 2.24) is 0 Å². The molecular weight excluding hydrogens is 508 g/mol. The zero-order chi connectivity index (χ0) is 29.1. The Hall–Kier alpha value is -0.800. The van der Waals surface area contributed by atoms with Crippen molar-refractivity contribution in [2.24, 2.45) is 52.3 Å². The second kappa shape index (κ2) is 11.4. The van der Waals surface area contributed by atoms with Gasteiger partial charge in [0.1, 0.15) is 18.3 Å². The zero-order valence-corrected chi connectivity index (χ0v) is 25.3. The Labute approximate surface area is 240 Å². The van der Waals surface area contributed by atoms with Gasteiger partial charge in [0.15, 0.2) is 6.29 Å². The molecule has 5 aliphatic rings. The molecule has 0 aromatic carbocycles. The maximum atomic E-state index is 12.1. The van der Waals surface area contributed by atoms with Gasteiger partial charge in [-0.15, -0.1) is 0 Å². The molecule has 0 aromatic heterocycles. The Balaban J connectivity index is 1.50. The van der Waals surface area contributed by atoms with Gasteiger partial charge in [-0.25, -0.2) is 0 Å². The van der Waals surface area contributed by atoms with Gasteiger partial charge in [0, 0.05) is 0 Å². The molecule has 1 aliphatic heterocycles. The van der Waals surface area contributed by atoms with Gasteiger partial charge in [0.2, 0.25) is 0 Å². The monoisotopic (exact) mass is 562 g/mol. The maximum absolute atomic E-state index is 12.1. The number of allylic oxidation sites excluding steroid dienone is 3. The van der Waals surface area contributed by atoms with Crippen LogP contribution < -0.4 is 0 Å². The van der Waals surface area contributed by atoms with Gasteiger partial charge >= 0.3 is 0 Å². The van der Waals surface area contributed by atoms with E-state index in [9.17, 15) is 25.5 Å². The van der Waals surface area contributed by atoms with E-state index in [0.717, 1.165) is 38.5 Å². The molecule has 40 heavy (non-hydrogen) atoms. The zero-order valence-electron chi connectivity index (χ0n) is 25.3. The van der Waals surface area contributed by atoms with E-state index in [4.69, 9.17) is 9.47 Å². The van der Waals surface area contributed by atoms with Crippen LogP contribution in [0.4, 0.5) is 0 Å². The van der Waals surface area contributed by atoms with Crippen LogP contribution in [0, 0.1) is 52.3 Å². The number of hydrogen-bond acceptors (Lipinski definition) is 7. The van der Waals surface area contributed by atoms with Gasteiger partial charge in [-0.05, 0) is 90.8 Å². The quantitative estimate of drug-likeness (QED) is 0.312. The molecule has 5 N–H and O–H groups in total. The molecule has 0 radical (unpaired) electrons. The summed E-state index contributed by atoms with van der Waals surface area (Å²) in [6.45, 7) is 13.5. The summed E-state index contributed by atoms with van der Waals surface area (Å²) in [5, 5.41) is 53.6. The van der Waals surface area contributed by atoms with E-state index in [1.54, 1.807) is 0 Å². The fourth-order valence-corrected chi connectivity index (χ4v) is 9.56. The minimum atomic E-state index is -1.39. The van der Waals surface area contributed by atoms with Crippen molar-refractivity contribution in [2.45, 2.75) is 123 Å². The maximum Gasteiger partial charge on any atom is 0.186 e. The van der Waals surface area contributed by atoms with Crippen LogP contribution in [0.25, 0.3) is 0 Å². The van der Waals surface area contributed by atoms with E-state index in [-0.39, 0.29) is 41.3 Å². The highest BCUT2D eigenvalue weighted by molar-refractivity contribution is 5.27. The molecule has 4 fully saturated rings. The van der Waals surface area contributed by atoms with Crippen LogP contribution in [-0.2, 0) is 9.47 Å². The third kappa shape index (κ3) is 5.06. The SMILES string of the molecule is CC(C)C(C)C=CC(C)C1C(O)C(OC2OCC(O)C(O)C2O)C2C3CC=C4CC(O)CCC4(C)C3CCC12C. The van der Waals surface area contributed by atoms with Gasteiger partial charge in [-0.1, -0.05) is 65.3 Å². The normalized spacial score (nSPS) is 50.7. The van der Waals surface area contributed by atoms with Crippen LogP contribution >= 0.6 is 0 Å². The van der Waals surface area contributed by atoms with Crippen LogP contribution in [0.15, 0.2) is 23.8 Å². The molecule has 7 heteroatoms. The van der Waals surface area contributed by atoms with E-state index >= 15 is 0 Å². The van der Waals surface area contributed by atoms with E-state index in [1.807, 2.05) is 0 Å². The van der Waals surface area contributed by atoms with Crippen LogP contribution in [-0.4, -0.2) is 75.1 Å².